The maximum atomic E-state index is 10.4. The lowest BCUT2D eigenvalue weighted by Gasteiger charge is -2.30. The topological polar surface area (TPSA) is 83.1 Å². The van der Waals surface area contributed by atoms with Gasteiger partial charge in [0, 0.05) is 42.7 Å². The summed E-state index contributed by atoms with van der Waals surface area (Å²) >= 11 is 0. The number of aromatic hydroxyl groups is 1. The predicted octanol–water partition coefficient (Wildman–Crippen LogP) is 4.22. The highest BCUT2D eigenvalue weighted by Gasteiger charge is 2.18. The second-order valence-electron chi connectivity index (χ2n) is 6.83. The second kappa shape index (κ2) is 7.44. The van der Waals surface area contributed by atoms with Crippen molar-refractivity contribution >= 4 is 40.9 Å². The van der Waals surface area contributed by atoms with Crippen LogP contribution in [0.5, 0.6) is 5.75 Å². The highest BCUT2D eigenvalue weighted by molar-refractivity contribution is 6.20. The molecule has 1 saturated heterocycles. The summed E-state index contributed by atoms with van der Waals surface area (Å²) in [5.41, 5.74) is 3.75. The molecule has 0 spiro atoms. The van der Waals surface area contributed by atoms with Gasteiger partial charge >= 0.3 is 0 Å². The molecule has 29 heavy (non-hydrogen) atoms. The number of fused-ring (bicyclic) bond motifs is 1. The van der Waals surface area contributed by atoms with Gasteiger partial charge in [0.2, 0.25) is 5.88 Å². The van der Waals surface area contributed by atoms with Gasteiger partial charge in [-0.05, 0) is 30.3 Å². The summed E-state index contributed by atoms with van der Waals surface area (Å²) < 4.78 is 11.3. The van der Waals surface area contributed by atoms with E-state index < -0.39 is 0 Å². The van der Waals surface area contributed by atoms with Crippen LogP contribution in [-0.2, 0) is 4.74 Å². The Bertz CT molecular complexity index is 1100. The van der Waals surface area contributed by atoms with E-state index in [1.165, 1.54) is 0 Å². The molecular weight excluding hydrogens is 368 g/mol. The Labute approximate surface area is 168 Å². The summed E-state index contributed by atoms with van der Waals surface area (Å²) in [5, 5.41) is 13.7. The average Bonchev–Trinajstić information content (AvgIpc) is 3.32. The molecule has 5 rings (SSSR count). The van der Waals surface area contributed by atoms with E-state index in [1.807, 2.05) is 30.3 Å². The Morgan fingerprint density at radius 1 is 1.10 bits per heavy atom. The summed E-state index contributed by atoms with van der Waals surface area (Å²) in [5.74, 6) is 1.57. The third-order valence-corrected chi connectivity index (χ3v) is 4.96. The van der Waals surface area contributed by atoms with Gasteiger partial charge in [-0.1, -0.05) is 12.1 Å². The lowest BCUT2D eigenvalue weighted by atomic mass is 10.1. The van der Waals surface area contributed by atoms with Crippen LogP contribution in [0.15, 0.2) is 58.1 Å². The van der Waals surface area contributed by atoms with Crippen LogP contribution in [0.2, 0.25) is 0 Å². The minimum absolute atomic E-state index is 0.0644. The molecule has 146 valence electrons. The van der Waals surface area contributed by atoms with E-state index in [0.29, 0.717) is 30.7 Å². The van der Waals surface area contributed by atoms with Gasteiger partial charge in [-0.3, -0.25) is 0 Å². The van der Waals surface area contributed by atoms with Crippen molar-refractivity contribution in [1.82, 2.24) is 4.98 Å². The first-order valence-electron chi connectivity index (χ1n) is 9.50. The number of aromatic nitrogens is 1. The summed E-state index contributed by atoms with van der Waals surface area (Å²) in [7, 11) is 0. The number of hydrogen-bond acceptors (Lipinski definition) is 7. The number of allylic oxidation sites excluding steroid dienone is 1. The average molecular weight is 388 g/mol. The summed E-state index contributed by atoms with van der Waals surface area (Å²) in [6.45, 7) is 3.11. The normalized spacial score (nSPS) is 17.0. The summed E-state index contributed by atoms with van der Waals surface area (Å²) in [4.78, 5) is 10.8. The Kier molecular flexibility index (Phi) is 4.50. The molecule has 2 N–H and O–H groups in total. The van der Waals surface area contributed by atoms with Gasteiger partial charge in [-0.15, -0.1) is 0 Å². The van der Waals surface area contributed by atoms with E-state index in [-0.39, 0.29) is 5.75 Å². The molecule has 0 bridgehead atoms. The number of ether oxygens (including phenoxy) is 1. The monoisotopic (exact) mass is 388 g/mol. The number of morpholine rings is 1. The first-order valence-corrected chi connectivity index (χ1v) is 9.50. The Balaban J connectivity index is 1.41. The van der Waals surface area contributed by atoms with Crippen LogP contribution in [0.1, 0.15) is 11.3 Å². The van der Waals surface area contributed by atoms with Crippen molar-refractivity contribution < 1.29 is 14.3 Å². The number of anilines is 3. The maximum Gasteiger partial charge on any atom is 0.201 e. The number of benzene rings is 1. The van der Waals surface area contributed by atoms with Gasteiger partial charge in [-0.2, -0.15) is 0 Å². The lowest BCUT2D eigenvalue weighted by molar-refractivity contribution is 0.123. The standard InChI is InChI=1S/C22H20N4O3/c27-19-13-21(25-17-5-1-2-6-18(17)26-8-10-28-11-9-26)29-20(19)12-15-14-24-22-16(15)4-3-7-23-22/h1-7,12-14,25,27H,8-11H2. The Morgan fingerprint density at radius 3 is 2.86 bits per heavy atom. The molecule has 0 aliphatic carbocycles. The molecule has 0 radical (unpaired) electrons. The predicted molar refractivity (Wildman–Crippen MR) is 113 cm³/mol. The van der Waals surface area contributed by atoms with Crippen LogP contribution in [0.25, 0.3) is 11.6 Å². The van der Waals surface area contributed by atoms with Gasteiger partial charge in [-0.25, -0.2) is 9.98 Å². The summed E-state index contributed by atoms with van der Waals surface area (Å²) in [6.07, 6.45) is 5.20. The SMILES string of the molecule is Oc1cc(Nc2ccccc2N2CCOCC2)oc1C=C1C=Nc2ncccc21. The van der Waals surface area contributed by atoms with Crippen LogP contribution in [0, 0.1) is 0 Å². The minimum Gasteiger partial charge on any atom is -0.504 e. The van der Waals surface area contributed by atoms with E-state index >= 15 is 0 Å². The number of hydrogen-bond donors (Lipinski definition) is 2. The van der Waals surface area contributed by atoms with Crippen LogP contribution in [0.3, 0.4) is 0 Å². The van der Waals surface area contributed by atoms with Gasteiger partial charge in [0.15, 0.2) is 17.3 Å². The second-order valence-corrected chi connectivity index (χ2v) is 6.83. The van der Waals surface area contributed by atoms with Crippen molar-refractivity contribution in [3.05, 3.63) is 60.0 Å². The van der Waals surface area contributed by atoms with Crippen molar-refractivity contribution in [3.63, 3.8) is 0 Å². The van der Waals surface area contributed by atoms with Crippen LogP contribution < -0.4 is 10.2 Å². The van der Waals surface area contributed by atoms with Crippen molar-refractivity contribution in [2.75, 3.05) is 36.5 Å². The lowest BCUT2D eigenvalue weighted by Crippen LogP contribution is -2.36. The van der Waals surface area contributed by atoms with E-state index in [0.717, 1.165) is 35.6 Å². The molecule has 0 atom stereocenters. The molecule has 7 nitrogen and oxygen atoms in total. The van der Waals surface area contributed by atoms with E-state index in [9.17, 15) is 5.11 Å². The molecule has 0 saturated carbocycles. The first-order chi connectivity index (χ1) is 14.3. The fourth-order valence-electron chi connectivity index (χ4n) is 3.53. The van der Waals surface area contributed by atoms with Crippen LogP contribution in [-0.4, -0.2) is 42.6 Å². The quantitative estimate of drug-likeness (QED) is 0.696. The fourth-order valence-corrected chi connectivity index (χ4v) is 3.53. The number of pyridine rings is 1. The number of furan rings is 1. The molecule has 7 heteroatoms. The van der Waals surface area contributed by atoms with Gasteiger partial charge in [0.1, 0.15) is 0 Å². The zero-order chi connectivity index (χ0) is 19.6. The molecule has 1 aromatic carbocycles. The first kappa shape index (κ1) is 17.5. The molecule has 3 aromatic rings. The number of nitrogens with one attached hydrogen (secondary N) is 1. The van der Waals surface area contributed by atoms with Crippen LogP contribution in [0.4, 0.5) is 23.1 Å². The minimum atomic E-state index is 0.0644. The maximum absolute atomic E-state index is 10.4. The number of nitrogens with zero attached hydrogens (tertiary/aromatic N) is 3. The molecule has 4 heterocycles. The third kappa shape index (κ3) is 3.48. The molecule has 1 fully saturated rings. The highest BCUT2D eigenvalue weighted by atomic mass is 16.5. The number of para-hydroxylation sites is 2. The molecular formula is C22H20N4O3. The molecule has 2 aliphatic rings. The van der Waals surface area contributed by atoms with E-state index in [2.05, 4.69) is 26.3 Å². The van der Waals surface area contributed by atoms with Gasteiger partial charge in [0.05, 0.1) is 24.6 Å². The fraction of sp³-hybridized carbons (Fsp3) is 0.182. The third-order valence-electron chi connectivity index (χ3n) is 4.96. The van der Waals surface area contributed by atoms with Crippen LogP contribution >= 0.6 is 0 Å². The van der Waals surface area contributed by atoms with E-state index in [1.54, 1.807) is 24.6 Å². The Morgan fingerprint density at radius 2 is 1.97 bits per heavy atom. The zero-order valence-corrected chi connectivity index (χ0v) is 15.7. The largest absolute Gasteiger partial charge is 0.504 e. The van der Waals surface area contributed by atoms with Gasteiger partial charge < -0.3 is 24.5 Å². The van der Waals surface area contributed by atoms with Gasteiger partial charge in [0.25, 0.3) is 0 Å². The molecule has 0 amide bonds. The number of rotatable bonds is 4. The molecule has 2 aromatic heterocycles. The number of aliphatic imine (C=N–C) groups is 1. The molecule has 2 aliphatic heterocycles. The Hall–Kier alpha value is -3.58. The molecule has 0 unspecified atom stereocenters. The van der Waals surface area contributed by atoms with Crippen molar-refractivity contribution in [2.45, 2.75) is 0 Å². The summed E-state index contributed by atoms with van der Waals surface area (Å²) in [6, 6.07) is 13.4. The van der Waals surface area contributed by atoms with Crippen molar-refractivity contribution in [3.8, 4) is 5.75 Å². The smallest absolute Gasteiger partial charge is 0.201 e. The van der Waals surface area contributed by atoms with E-state index in [4.69, 9.17) is 9.15 Å². The highest BCUT2D eigenvalue weighted by Crippen LogP contribution is 2.36. The van der Waals surface area contributed by atoms with Crippen molar-refractivity contribution in [2.24, 2.45) is 4.99 Å². The zero-order valence-electron chi connectivity index (χ0n) is 15.7. The van der Waals surface area contributed by atoms with Crippen molar-refractivity contribution in [1.29, 1.82) is 0 Å².